The van der Waals surface area contributed by atoms with Crippen molar-refractivity contribution < 1.29 is 4.74 Å². The van der Waals surface area contributed by atoms with Crippen LogP contribution in [-0.2, 0) is 0 Å². The van der Waals surface area contributed by atoms with Gasteiger partial charge < -0.3 is 4.74 Å². The van der Waals surface area contributed by atoms with Gasteiger partial charge in [0.05, 0.1) is 7.11 Å². The third-order valence-corrected chi connectivity index (χ3v) is 2.26. The second-order valence-corrected chi connectivity index (χ2v) is 3.34. The molecule has 0 saturated heterocycles. The zero-order valence-corrected chi connectivity index (χ0v) is 7.50. The van der Waals surface area contributed by atoms with E-state index in [0.29, 0.717) is 5.92 Å². The van der Waals surface area contributed by atoms with Crippen molar-refractivity contribution in [1.29, 1.82) is 0 Å². The third kappa shape index (κ3) is 1.29. The zero-order valence-electron chi connectivity index (χ0n) is 7.50. The number of nitrogens with zero attached hydrogens (tertiary/aromatic N) is 1. The van der Waals surface area contributed by atoms with Crippen molar-refractivity contribution in [1.82, 2.24) is 4.98 Å². The molecular weight excluding hydrogens is 150 g/mol. The minimum Gasteiger partial charge on any atom is -0.481 e. The molecule has 2 rings (SSSR count). The van der Waals surface area contributed by atoms with E-state index in [2.05, 4.69) is 17.1 Å². The number of hydrogen-bond acceptors (Lipinski definition) is 2. The fourth-order valence-electron chi connectivity index (χ4n) is 1.34. The predicted molar refractivity (Wildman–Crippen MR) is 47.5 cm³/mol. The molecule has 1 heterocycles. The van der Waals surface area contributed by atoms with Gasteiger partial charge in [0.25, 0.3) is 0 Å². The average molecular weight is 163 g/mol. The predicted octanol–water partition coefficient (Wildman–Crippen LogP) is 2.28. The molecule has 64 valence electrons. The van der Waals surface area contributed by atoms with Crippen LogP contribution < -0.4 is 4.74 Å². The van der Waals surface area contributed by atoms with E-state index in [0.717, 1.165) is 11.4 Å². The highest BCUT2D eigenvalue weighted by molar-refractivity contribution is 5.29. The van der Waals surface area contributed by atoms with Gasteiger partial charge in [-0.3, -0.25) is 0 Å². The Bertz CT molecular complexity index is 292. The molecule has 0 aromatic carbocycles. The monoisotopic (exact) mass is 163 g/mol. The molecular formula is C10H13NO. The van der Waals surface area contributed by atoms with Gasteiger partial charge in [0.15, 0.2) is 0 Å². The SMILES string of the molecule is COc1nc(C2CC2)ccc1C. The number of hydrogen-bond donors (Lipinski definition) is 0. The van der Waals surface area contributed by atoms with Gasteiger partial charge in [-0.1, -0.05) is 6.07 Å². The lowest BCUT2D eigenvalue weighted by Crippen LogP contribution is -1.94. The van der Waals surface area contributed by atoms with Crippen LogP contribution >= 0.6 is 0 Å². The number of rotatable bonds is 2. The topological polar surface area (TPSA) is 22.1 Å². The van der Waals surface area contributed by atoms with E-state index in [4.69, 9.17) is 4.74 Å². The van der Waals surface area contributed by atoms with Gasteiger partial charge in [0, 0.05) is 17.2 Å². The second kappa shape index (κ2) is 2.77. The Morgan fingerprint density at radius 1 is 1.42 bits per heavy atom. The summed E-state index contributed by atoms with van der Waals surface area (Å²) >= 11 is 0. The van der Waals surface area contributed by atoms with Gasteiger partial charge in [0.2, 0.25) is 5.88 Å². The van der Waals surface area contributed by atoms with Crippen LogP contribution in [-0.4, -0.2) is 12.1 Å². The van der Waals surface area contributed by atoms with E-state index in [-0.39, 0.29) is 0 Å². The highest BCUT2D eigenvalue weighted by Crippen LogP contribution is 2.39. The van der Waals surface area contributed by atoms with Crippen LogP contribution in [0.1, 0.15) is 30.0 Å². The van der Waals surface area contributed by atoms with Crippen molar-refractivity contribution >= 4 is 0 Å². The summed E-state index contributed by atoms with van der Waals surface area (Å²) < 4.78 is 5.15. The zero-order chi connectivity index (χ0) is 8.55. The van der Waals surface area contributed by atoms with Crippen molar-refractivity contribution in [3.05, 3.63) is 23.4 Å². The molecule has 0 unspecified atom stereocenters. The number of aromatic nitrogens is 1. The number of ether oxygens (including phenoxy) is 1. The molecule has 12 heavy (non-hydrogen) atoms. The van der Waals surface area contributed by atoms with Crippen LogP contribution in [0.3, 0.4) is 0 Å². The summed E-state index contributed by atoms with van der Waals surface area (Å²) in [5.74, 6) is 1.49. The van der Waals surface area contributed by atoms with Crippen molar-refractivity contribution in [2.45, 2.75) is 25.7 Å². The van der Waals surface area contributed by atoms with E-state index in [9.17, 15) is 0 Å². The molecule has 1 aliphatic carbocycles. The molecule has 1 aromatic rings. The van der Waals surface area contributed by atoms with Gasteiger partial charge in [-0.15, -0.1) is 0 Å². The Kier molecular flexibility index (Phi) is 1.75. The maximum Gasteiger partial charge on any atom is 0.216 e. The first-order chi connectivity index (χ1) is 5.81. The Labute approximate surface area is 72.6 Å². The quantitative estimate of drug-likeness (QED) is 0.667. The molecule has 1 saturated carbocycles. The summed E-state index contributed by atoms with van der Waals surface area (Å²) in [5, 5.41) is 0. The third-order valence-electron chi connectivity index (χ3n) is 2.26. The lowest BCUT2D eigenvalue weighted by molar-refractivity contribution is 0.393. The fourth-order valence-corrected chi connectivity index (χ4v) is 1.34. The largest absolute Gasteiger partial charge is 0.481 e. The molecule has 0 N–H and O–H groups in total. The van der Waals surface area contributed by atoms with E-state index in [1.807, 2.05) is 6.92 Å². The van der Waals surface area contributed by atoms with Gasteiger partial charge in [0.1, 0.15) is 0 Å². The van der Waals surface area contributed by atoms with Crippen molar-refractivity contribution in [3.63, 3.8) is 0 Å². The van der Waals surface area contributed by atoms with Gasteiger partial charge >= 0.3 is 0 Å². The first-order valence-corrected chi connectivity index (χ1v) is 4.33. The molecule has 2 nitrogen and oxygen atoms in total. The Morgan fingerprint density at radius 2 is 2.17 bits per heavy atom. The molecule has 0 atom stereocenters. The molecule has 1 aliphatic rings. The molecule has 2 heteroatoms. The summed E-state index contributed by atoms with van der Waals surface area (Å²) in [5.41, 5.74) is 2.30. The van der Waals surface area contributed by atoms with Crippen molar-refractivity contribution in [2.24, 2.45) is 0 Å². The second-order valence-electron chi connectivity index (χ2n) is 3.34. The molecule has 0 spiro atoms. The Balaban J connectivity index is 2.33. The van der Waals surface area contributed by atoms with Gasteiger partial charge in [-0.05, 0) is 25.8 Å². The first-order valence-electron chi connectivity index (χ1n) is 4.33. The highest BCUT2D eigenvalue weighted by atomic mass is 16.5. The van der Waals surface area contributed by atoms with E-state index in [1.54, 1.807) is 7.11 Å². The average Bonchev–Trinajstić information content (AvgIpc) is 2.88. The number of aryl methyl sites for hydroxylation is 1. The Morgan fingerprint density at radius 3 is 2.75 bits per heavy atom. The van der Waals surface area contributed by atoms with Crippen LogP contribution in [0.5, 0.6) is 5.88 Å². The maximum atomic E-state index is 5.15. The smallest absolute Gasteiger partial charge is 0.216 e. The van der Waals surface area contributed by atoms with Crippen molar-refractivity contribution in [2.75, 3.05) is 7.11 Å². The normalized spacial score (nSPS) is 16.2. The molecule has 0 bridgehead atoms. The molecule has 0 amide bonds. The van der Waals surface area contributed by atoms with Crippen LogP contribution in [0.25, 0.3) is 0 Å². The summed E-state index contributed by atoms with van der Waals surface area (Å²) in [6.07, 6.45) is 2.58. The minimum absolute atomic E-state index is 0.708. The van der Waals surface area contributed by atoms with Crippen LogP contribution in [0.2, 0.25) is 0 Å². The molecule has 1 fully saturated rings. The maximum absolute atomic E-state index is 5.15. The van der Waals surface area contributed by atoms with E-state index < -0.39 is 0 Å². The number of pyridine rings is 1. The summed E-state index contributed by atoms with van der Waals surface area (Å²) in [7, 11) is 1.67. The molecule has 0 aliphatic heterocycles. The van der Waals surface area contributed by atoms with Gasteiger partial charge in [-0.25, -0.2) is 4.98 Å². The summed E-state index contributed by atoms with van der Waals surface area (Å²) in [4.78, 5) is 4.43. The van der Waals surface area contributed by atoms with Crippen LogP contribution in [0, 0.1) is 6.92 Å². The Hall–Kier alpha value is -1.05. The summed E-state index contributed by atoms with van der Waals surface area (Å²) in [6.45, 7) is 2.02. The standard InChI is InChI=1S/C10H13NO/c1-7-3-6-9(8-4-5-8)11-10(7)12-2/h3,6,8H,4-5H2,1-2H3. The fraction of sp³-hybridized carbons (Fsp3) is 0.500. The first kappa shape index (κ1) is 7.59. The van der Waals surface area contributed by atoms with Crippen molar-refractivity contribution in [3.8, 4) is 5.88 Å². The van der Waals surface area contributed by atoms with E-state index >= 15 is 0 Å². The number of methoxy groups -OCH3 is 1. The lowest BCUT2D eigenvalue weighted by atomic mass is 10.2. The molecule has 1 aromatic heterocycles. The minimum atomic E-state index is 0.708. The van der Waals surface area contributed by atoms with Crippen LogP contribution in [0.15, 0.2) is 12.1 Å². The van der Waals surface area contributed by atoms with E-state index in [1.165, 1.54) is 18.5 Å². The lowest BCUT2D eigenvalue weighted by Gasteiger charge is -2.04. The van der Waals surface area contributed by atoms with Crippen LogP contribution in [0.4, 0.5) is 0 Å². The molecule has 0 radical (unpaired) electrons. The summed E-state index contributed by atoms with van der Waals surface area (Å²) in [6, 6.07) is 4.19. The highest BCUT2D eigenvalue weighted by Gasteiger charge is 2.25. The van der Waals surface area contributed by atoms with Gasteiger partial charge in [-0.2, -0.15) is 0 Å².